The summed E-state index contributed by atoms with van der Waals surface area (Å²) in [5, 5.41) is 8.23. The van der Waals surface area contributed by atoms with Gasteiger partial charge < -0.3 is 26.5 Å². The number of carboxylic acid groups (broad SMARTS) is 1. The van der Waals surface area contributed by atoms with E-state index in [9.17, 15) is 19.2 Å². The van der Waals surface area contributed by atoms with E-state index in [4.69, 9.17) is 10.8 Å². The van der Waals surface area contributed by atoms with Gasteiger partial charge in [0.15, 0.2) is 5.78 Å². The molecule has 17 heavy (non-hydrogen) atoms. The van der Waals surface area contributed by atoms with Gasteiger partial charge in [-0.1, -0.05) is 0 Å². The Balaban J connectivity index is 0. The molecule has 6 N–H and O–H groups in total. The van der Waals surface area contributed by atoms with Crippen LogP contribution in [0.15, 0.2) is 0 Å². The number of aliphatic carboxylic acids is 1. The van der Waals surface area contributed by atoms with Crippen molar-refractivity contribution in [3.05, 3.63) is 0 Å². The van der Waals surface area contributed by atoms with Crippen LogP contribution in [0.3, 0.4) is 0 Å². The fraction of sp³-hybridized carbons (Fsp3) is 0.500. The first-order chi connectivity index (χ1) is 7.43. The van der Waals surface area contributed by atoms with E-state index in [2.05, 4.69) is 9.47 Å². The van der Waals surface area contributed by atoms with Crippen LogP contribution in [0.1, 0.15) is 6.92 Å². The average molecular weight is 250 g/mol. The van der Waals surface area contributed by atoms with Gasteiger partial charge in [-0.05, 0) is 6.92 Å². The van der Waals surface area contributed by atoms with Crippen LogP contribution in [-0.4, -0.2) is 48.1 Å². The summed E-state index contributed by atoms with van der Waals surface area (Å²) in [6.07, 6.45) is -1.92. The van der Waals surface area contributed by atoms with Crippen LogP contribution in [-0.2, 0) is 28.7 Å². The SMILES string of the molecule is CCOC(=O)C(OC(=O)C(=O)O)C(=O)CN.N. The summed E-state index contributed by atoms with van der Waals surface area (Å²) < 4.78 is 8.56. The maximum absolute atomic E-state index is 11.1. The van der Waals surface area contributed by atoms with E-state index in [1.165, 1.54) is 6.92 Å². The number of carbonyl (C=O) groups excluding carboxylic acids is 3. The van der Waals surface area contributed by atoms with Crippen molar-refractivity contribution in [2.45, 2.75) is 13.0 Å². The molecular formula is C8H14N2O7. The molecule has 0 aliphatic carbocycles. The van der Waals surface area contributed by atoms with E-state index in [0.717, 1.165) is 0 Å². The second kappa shape index (κ2) is 8.19. The third kappa shape index (κ3) is 5.58. The molecule has 0 aliphatic heterocycles. The van der Waals surface area contributed by atoms with E-state index >= 15 is 0 Å². The van der Waals surface area contributed by atoms with Gasteiger partial charge in [0, 0.05) is 0 Å². The number of Topliss-reactive ketones (excluding diaryl/α,β-unsaturated/α-hetero) is 1. The Kier molecular flexibility index (Phi) is 8.38. The molecule has 0 aromatic rings. The Morgan fingerprint density at radius 1 is 1.29 bits per heavy atom. The third-order valence-corrected chi connectivity index (χ3v) is 1.39. The number of hydrogen-bond acceptors (Lipinski definition) is 8. The van der Waals surface area contributed by atoms with Crippen molar-refractivity contribution in [3.8, 4) is 0 Å². The van der Waals surface area contributed by atoms with Gasteiger partial charge in [0.25, 0.3) is 6.10 Å². The summed E-state index contributed by atoms with van der Waals surface area (Å²) in [7, 11) is 0. The van der Waals surface area contributed by atoms with Crippen LogP contribution in [0.5, 0.6) is 0 Å². The molecule has 1 atom stereocenters. The van der Waals surface area contributed by atoms with Gasteiger partial charge in [-0.25, -0.2) is 14.4 Å². The van der Waals surface area contributed by atoms with Crippen LogP contribution < -0.4 is 11.9 Å². The van der Waals surface area contributed by atoms with Crippen molar-refractivity contribution in [3.63, 3.8) is 0 Å². The van der Waals surface area contributed by atoms with E-state index < -0.39 is 36.3 Å². The summed E-state index contributed by atoms with van der Waals surface area (Å²) in [6.45, 7) is 0.856. The van der Waals surface area contributed by atoms with Gasteiger partial charge in [0.05, 0.1) is 13.2 Å². The van der Waals surface area contributed by atoms with Gasteiger partial charge in [0.2, 0.25) is 0 Å². The molecule has 0 saturated heterocycles. The Bertz CT molecular complexity index is 315. The highest BCUT2D eigenvalue weighted by atomic mass is 16.6. The molecule has 0 bridgehead atoms. The predicted octanol–water partition coefficient (Wildman–Crippen LogP) is -1.76. The number of nitrogens with two attached hydrogens (primary N) is 1. The van der Waals surface area contributed by atoms with E-state index in [1.807, 2.05) is 0 Å². The zero-order valence-corrected chi connectivity index (χ0v) is 9.17. The molecular weight excluding hydrogens is 236 g/mol. The van der Waals surface area contributed by atoms with E-state index in [1.54, 1.807) is 0 Å². The first-order valence-corrected chi connectivity index (χ1v) is 4.27. The number of ether oxygens (including phenoxy) is 2. The predicted molar refractivity (Wildman–Crippen MR) is 53.2 cm³/mol. The van der Waals surface area contributed by atoms with Crippen LogP contribution in [0.2, 0.25) is 0 Å². The monoisotopic (exact) mass is 250 g/mol. The molecule has 0 aliphatic rings. The van der Waals surface area contributed by atoms with Gasteiger partial charge >= 0.3 is 17.9 Å². The standard InChI is InChI=1S/C8H11NO7.H3N/c1-2-15-7(13)5(4(10)3-9)16-8(14)6(11)12;/h5H,2-3,9H2,1H3,(H,11,12);1H3. The van der Waals surface area contributed by atoms with Crippen LogP contribution >= 0.6 is 0 Å². The first kappa shape index (κ1) is 17.4. The van der Waals surface area contributed by atoms with Crippen LogP contribution in [0.4, 0.5) is 0 Å². The lowest BCUT2D eigenvalue weighted by Gasteiger charge is -2.12. The average Bonchev–Trinajstić information content (AvgIpc) is 2.24. The number of carbonyl (C=O) groups is 4. The van der Waals surface area contributed by atoms with Crippen molar-refractivity contribution in [1.82, 2.24) is 6.15 Å². The number of carboxylic acids is 1. The summed E-state index contributed by atoms with van der Waals surface area (Å²) >= 11 is 0. The summed E-state index contributed by atoms with van der Waals surface area (Å²) in [4.78, 5) is 43.0. The number of rotatable bonds is 5. The van der Waals surface area contributed by atoms with Crippen molar-refractivity contribution < 1.29 is 33.8 Å². The lowest BCUT2D eigenvalue weighted by atomic mass is 10.2. The molecule has 0 amide bonds. The molecule has 0 aromatic carbocycles. The summed E-state index contributed by atoms with van der Waals surface area (Å²) in [5.41, 5.74) is 4.96. The maximum Gasteiger partial charge on any atom is 0.418 e. The highest BCUT2D eigenvalue weighted by molar-refractivity contribution is 6.29. The fourth-order valence-electron chi connectivity index (χ4n) is 0.728. The molecule has 1 unspecified atom stereocenters. The zero-order chi connectivity index (χ0) is 12.7. The van der Waals surface area contributed by atoms with Gasteiger partial charge in [-0.3, -0.25) is 4.79 Å². The van der Waals surface area contributed by atoms with Crippen molar-refractivity contribution in [1.29, 1.82) is 0 Å². The van der Waals surface area contributed by atoms with Gasteiger partial charge in [-0.15, -0.1) is 0 Å². The lowest BCUT2D eigenvalue weighted by Crippen LogP contribution is -2.41. The molecule has 0 aromatic heterocycles. The minimum absolute atomic E-state index is 0. The molecule has 0 heterocycles. The Morgan fingerprint density at radius 3 is 2.18 bits per heavy atom. The minimum Gasteiger partial charge on any atom is -0.473 e. The molecule has 0 fully saturated rings. The maximum atomic E-state index is 11.1. The number of ketones is 1. The second-order valence-corrected chi connectivity index (χ2v) is 2.51. The topological polar surface area (TPSA) is 168 Å². The first-order valence-electron chi connectivity index (χ1n) is 4.27. The molecule has 0 spiro atoms. The summed E-state index contributed by atoms with van der Waals surface area (Å²) in [6, 6.07) is 0. The largest absolute Gasteiger partial charge is 0.473 e. The van der Waals surface area contributed by atoms with Gasteiger partial charge in [-0.2, -0.15) is 0 Å². The molecule has 0 radical (unpaired) electrons. The van der Waals surface area contributed by atoms with E-state index in [-0.39, 0.29) is 12.8 Å². The number of esters is 2. The quantitative estimate of drug-likeness (QED) is 0.290. The molecule has 9 heteroatoms. The van der Waals surface area contributed by atoms with Crippen molar-refractivity contribution in [2.75, 3.05) is 13.2 Å². The normalized spacial score (nSPS) is 10.7. The highest BCUT2D eigenvalue weighted by Crippen LogP contribution is 1.99. The fourth-order valence-corrected chi connectivity index (χ4v) is 0.728. The van der Waals surface area contributed by atoms with Gasteiger partial charge in [0.1, 0.15) is 0 Å². The van der Waals surface area contributed by atoms with Crippen LogP contribution in [0, 0.1) is 0 Å². The number of hydrogen-bond donors (Lipinski definition) is 3. The minimum atomic E-state index is -1.92. The summed E-state index contributed by atoms with van der Waals surface area (Å²) in [5.74, 6) is -5.72. The second-order valence-electron chi connectivity index (χ2n) is 2.51. The molecule has 0 saturated carbocycles. The third-order valence-electron chi connectivity index (χ3n) is 1.39. The highest BCUT2D eigenvalue weighted by Gasteiger charge is 2.32. The van der Waals surface area contributed by atoms with Crippen molar-refractivity contribution in [2.24, 2.45) is 5.73 Å². The van der Waals surface area contributed by atoms with E-state index in [0.29, 0.717) is 0 Å². The molecule has 0 rings (SSSR count). The molecule has 9 nitrogen and oxygen atoms in total. The smallest absolute Gasteiger partial charge is 0.418 e. The Hall–Kier alpha value is -2.00. The Labute approximate surface area is 96.4 Å². The Morgan fingerprint density at radius 2 is 1.82 bits per heavy atom. The van der Waals surface area contributed by atoms with Crippen molar-refractivity contribution >= 4 is 23.7 Å². The lowest BCUT2D eigenvalue weighted by molar-refractivity contribution is -0.176. The van der Waals surface area contributed by atoms with Crippen LogP contribution in [0.25, 0.3) is 0 Å². The molecule has 98 valence electrons. The zero-order valence-electron chi connectivity index (χ0n) is 9.17.